The molecule has 0 aliphatic rings. The van der Waals surface area contributed by atoms with Gasteiger partial charge in [-0.3, -0.25) is 14.4 Å². The van der Waals surface area contributed by atoms with Crippen LogP contribution in [0.15, 0.2) is 144 Å². The highest BCUT2D eigenvalue weighted by Crippen LogP contribution is 2.37. The van der Waals surface area contributed by atoms with Crippen molar-refractivity contribution in [1.82, 2.24) is 5.32 Å². The van der Waals surface area contributed by atoms with Crippen LogP contribution in [0.1, 0.15) is 26.7 Å². The van der Waals surface area contributed by atoms with E-state index in [1.54, 1.807) is 87.0 Å². The van der Waals surface area contributed by atoms with Crippen molar-refractivity contribution in [3.63, 3.8) is 0 Å². The van der Waals surface area contributed by atoms with Crippen molar-refractivity contribution in [3.05, 3.63) is 156 Å². The number of methoxy groups -OCH3 is 2. The van der Waals surface area contributed by atoms with Crippen molar-refractivity contribution in [3.8, 4) is 11.5 Å². The molecule has 5 rings (SSSR count). The van der Waals surface area contributed by atoms with Crippen LogP contribution in [0.2, 0.25) is 0 Å². The van der Waals surface area contributed by atoms with Gasteiger partial charge in [-0.2, -0.15) is 0 Å². The molecule has 0 radical (unpaired) electrons. The minimum absolute atomic E-state index is 0.0702. The van der Waals surface area contributed by atoms with Crippen LogP contribution in [0, 0.1) is 0 Å². The molecule has 0 aliphatic heterocycles. The van der Waals surface area contributed by atoms with Gasteiger partial charge in [0.1, 0.15) is 22.4 Å². The molecule has 5 aromatic carbocycles. The summed E-state index contributed by atoms with van der Waals surface area (Å²) in [6, 6.07) is 39.7. The van der Waals surface area contributed by atoms with Crippen LogP contribution in [-0.2, 0) is 9.59 Å². The SMILES string of the molecule is COc1ccc(/C=C(\NC(=O)c2ccccc2)C(=O)Nc2ccc(SC(C(=O)Nc3cccc(OC)c3)c3ccccc3)cc2)cc1. The molecule has 8 nitrogen and oxygen atoms in total. The largest absolute Gasteiger partial charge is 0.497 e. The zero-order valence-corrected chi connectivity index (χ0v) is 26.6. The number of anilines is 2. The Balaban J connectivity index is 1.32. The third-order valence-electron chi connectivity index (χ3n) is 7.00. The fraction of sp³-hybridized carbons (Fsp3) is 0.0789. The number of carbonyl (C=O) groups is 3. The third-order valence-corrected chi connectivity index (χ3v) is 8.27. The standard InChI is InChI=1S/C38H33N3O5S/c1-45-31-20-16-26(17-21-31)24-34(41-36(42)28-12-7-4-8-13-28)37(43)39-29-18-22-33(23-19-29)47-35(27-10-5-3-6-11-27)38(44)40-30-14-9-15-32(25-30)46-2/h3-25,35H,1-2H3,(H,39,43)(H,40,44)(H,41,42)/b34-24-. The van der Waals surface area contributed by atoms with Gasteiger partial charge in [-0.15, -0.1) is 11.8 Å². The quantitative estimate of drug-likeness (QED) is 0.0956. The van der Waals surface area contributed by atoms with Crippen molar-refractivity contribution in [2.24, 2.45) is 0 Å². The van der Waals surface area contributed by atoms with Gasteiger partial charge in [0, 0.05) is 27.9 Å². The lowest BCUT2D eigenvalue weighted by Gasteiger charge is -2.18. The zero-order valence-electron chi connectivity index (χ0n) is 25.8. The monoisotopic (exact) mass is 643 g/mol. The average molecular weight is 644 g/mol. The van der Waals surface area contributed by atoms with E-state index in [4.69, 9.17) is 9.47 Å². The summed E-state index contributed by atoms with van der Waals surface area (Å²) >= 11 is 1.39. The molecule has 0 aliphatic carbocycles. The Hall–Kier alpha value is -5.80. The van der Waals surface area contributed by atoms with Gasteiger partial charge in [0.2, 0.25) is 5.91 Å². The summed E-state index contributed by atoms with van der Waals surface area (Å²) in [5.74, 6) is 0.226. The van der Waals surface area contributed by atoms with Crippen molar-refractivity contribution < 1.29 is 23.9 Å². The predicted octanol–water partition coefficient (Wildman–Crippen LogP) is 7.59. The molecule has 3 amide bonds. The Labute approximate surface area is 277 Å². The van der Waals surface area contributed by atoms with E-state index in [-0.39, 0.29) is 11.6 Å². The van der Waals surface area contributed by atoms with Crippen molar-refractivity contribution in [2.45, 2.75) is 10.1 Å². The maximum atomic E-state index is 13.5. The van der Waals surface area contributed by atoms with Crippen molar-refractivity contribution >= 4 is 46.9 Å². The number of benzene rings is 5. The lowest BCUT2D eigenvalue weighted by atomic mass is 10.1. The number of ether oxygens (including phenoxy) is 2. The summed E-state index contributed by atoms with van der Waals surface area (Å²) in [6.07, 6.45) is 1.60. The van der Waals surface area contributed by atoms with Gasteiger partial charge in [0.05, 0.1) is 14.2 Å². The van der Waals surface area contributed by atoms with E-state index in [9.17, 15) is 14.4 Å². The van der Waals surface area contributed by atoms with Gasteiger partial charge in [-0.1, -0.05) is 66.7 Å². The molecule has 0 saturated heterocycles. The van der Waals surface area contributed by atoms with Crippen LogP contribution in [-0.4, -0.2) is 31.9 Å². The summed E-state index contributed by atoms with van der Waals surface area (Å²) in [4.78, 5) is 40.8. The number of hydrogen-bond donors (Lipinski definition) is 3. The minimum Gasteiger partial charge on any atom is -0.497 e. The number of hydrogen-bond acceptors (Lipinski definition) is 6. The number of amides is 3. The molecule has 47 heavy (non-hydrogen) atoms. The lowest BCUT2D eigenvalue weighted by Crippen LogP contribution is -2.30. The van der Waals surface area contributed by atoms with E-state index < -0.39 is 17.1 Å². The summed E-state index contributed by atoms with van der Waals surface area (Å²) < 4.78 is 10.5. The Morgan fingerprint density at radius 1 is 0.660 bits per heavy atom. The number of thioether (sulfide) groups is 1. The van der Waals surface area contributed by atoms with E-state index >= 15 is 0 Å². The molecule has 236 valence electrons. The molecule has 3 N–H and O–H groups in total. The normalized spacial score (nSPS) is 11.6. The van der Waals surface area contributed by atoms with Gasteiger partial charge < -0.3 is 25.4 Å². The number of rotatable bonds is 12. The maximum absolute atomic E-state index is 13.5. The molecule has 0 heterocycles. The summed E-state index contributed by atoms with van der Waals surface area (Å²) in [5.41, 5.74) is 3.19. The maximum Gasteiger partial charge on any atom is 0.272 e. The first kappa shape index (κ1) is 32.6. The molecule has 5 aromatic rings. The first-order valence-electron chi connectivity index (χ1n) is 14.7. The Bertz CT molecular complexity index is 1840. The fourth-order valence-electron chi connectivity index (χ4n) is 4.57. The molecular weight excluding hydrogens is 611 g/mol. The molecule has 0 bridgehead atoms. The second-order valence-electron chi connectivity index (χ2n) is 10.3. The van der Waals surface area contributed by atoms with E-state index in [1.165, 1.54) is 11.8 Å². The van der Waals surface area contributed by atoms with Crippen LogP contribution >= 0.6 is 11.8 Å². The molecule has 0 fully saturated rings. The second-order valence-corrected chi connectivity index (χ2v) is 11.4. The Morgan fingerprint density at radius 3 is 1.98 bits per heavy atom. The van der Waals surface area contributed by atoms with Crippen molar-refractivity contribution in [1.29, 1.82) is 0 Å². The first-order chi connectivity index (χ1) is 22.9. The molecule has 0 saturated carbocycles. The second kappa shape index (κ2) is 16.0. The third kappa shape index (κ3) is 9.12. The summed E-state index contributed by atoms with van der Waals surface area (Å²) in [7, 11) is 3.15. The van der Waals surface area contributed by atoms with E-state index in [1.807, 2.05) is 66.7 Å². The highest BCUT2D eigenvalue weighted by Gasteiger charge is 2.23. The Morgan fingerprint density at radius 2 is 1.32 bits per heavy atom. The fourth-order valence-corrected chi connectivity index (χ4v) is 5.59. The number of carbonyl (C=O) groups excluding carboxylic acids is 3. The average Bonchev–Trinajstić information content (AvgIpc) is 3.12. The summed E-state index contributed by atoms with van der Waals surface area (Å²) in [6.45, 7) is 0. The molecule has 1 atom stereocenters. The molecule has 0 spiro atoms. The van der Waals surface area contributed by atoms with E-state index in [0.29, 0.717) is 34.0 Å². The van der Waals surface area contributed by atoms with E-state index in [0.717, 1.165) is 10.5 Å². The molecule has 1 unspecified atom stereocenters. The van der Waals surface area contributed by atoms with Crippen LogP contribution in [0.5, 0.6) is 11.5 Å². The molecular formula is C38H33N3O5S. The van der Waals surface area contributed by atoms with Crippen LogP contribution in [0.4, 0.5) is 11.4 Å². The molecule has 0 aromatic heterocycles. The predicted molar refractivity (Wildman–Crippen MR) is 187 cm³/mol. The summed E-state index contributed by atoms with van der Waals surface area (Å²) in [5, 5.41) is 8.07. The van der Waals surface area contributed by atoms with Gasteiger partial charge in [-0.25, -0.2) is 0 Å². The molecule has 9 heteroatoms. The minimum atomic E-state index is -0.546. The van der Waals surface area contributed by atoms with E-state index in [2.05, 4.69) is 16.0 Å². The van der Waals surface area contributed by atoms with Crippen LogP contribution in [0.3, 0.4) is 0 Å². The number of nitrogens with one attached hydrogen (secondary N) is 3. The highest BCUT2D eigenvalue weighted by atomic mass is 32.2. The van der Waals surface area contributed by atoms with Crippen LogP contribution in [0.25, 0.3) is 6.08 Å². The first-order valence-corrected chi connectivity index (χ1v) is 15.6. The topological polar surface area (TPSA) is 106 Å². The Kier molecular flexibility index (Phi) is 11.1. The highest BCUT2D eigenvalue weighted by molar-refractivity contribution is 8.00. The zero-order chi connectivity index (χ0) is 33.0. The van der Waals surface area contributed by atoms with Gasteiger partial charge in [-0.05, 0) is 77.9 Å². The van der Waals surface area contributed by atoms with Crippen LogP contribution < -0.4 is 25.4 Å². The van der Waals surface area contributed by atoms with Crippen molar-refractivity contribution in [2.75, 3.05) is 24.9 Å². The smallest absolute Gasteiger partial charge is 0.272 e. The van der Waals surface area contributed by atoms with Gasteiger partial charge in [0.25, 0.3) is 11.8 Å². The van der Waals surface area contributed by atoms with Gasteiger partial charge in [0.15, 0.2) is 0 Å². The lowest BCUT2D eigenvalue weighted by molar-refractivity contribution is -0.116. The van der Waals surface area contributed by atoms with Gasteiger partial charge >= 0.3 is 0 Å².